The van der Waals surface area contributed by atoms with Crippen LogP contribution in [-0.2, 0) is 0 Å². The van der Waals surface area contributed by atoms with Crippen LogP contribution in [0.25, 0.3) is 0 Å². The van der Waals surface area contributed by atoms with Gasteiger partial charge in [-0.05, 0) is 0 Å². The zero-order chi connectivity index (χ0) is 6.85. The van der Waals surface area contributed by atoms with Gasteiger partial charge in [0.1, 0.15) is 11.7 Å². The molecule has 0 spiro atoms. The standard InChI is InChI=1S/C4H7N3S2/c5-7-2-6-3(8)1-4(7)9/h1-2,5H2,(H,6,8). The Balaban J connectivity index is 2.54. The van der Waals surface area contributed by atoms with Crippen LogP contribution >= 0.6 is 24.4 Å². The van der Waals surface area contributed by atoms with E-state index in [9.17, 15) is 0 Å². The van der Waals surface area contributed by atoms with Crippen LogP contribution in [0, 0.1) is 0 Å². The van der Waals surface area contributed by atoms with Crippen molar-refractivity contribution in [3.05, 3.63) is 0 Å². The SMILES string of the molecule is NN1CNC(=S)CC1=S. The molecule has 0 unspecified atom stereocenters. The lowest BCUT2D eigenvalue weighted by atomic mass is 10.4. The minimum atomic E-state index is 0.539. The highest BCUT2D eigenvalue weighted by Crippen LogP contribution is 1.97. The molecule has 1 heterocycles. The maximum absolute atomic E-state index is 5.41. The third-order valence-corrected chi connectivity index (χ3v) is 1.75. The van der Waals surface area contributed by atoms with Crippen LogP contribution < -0.4 is 11.2 Å². The molecule has 9 heavy (non-hydrogen) atoms. The topological polar surface area (TPSA) is 41.3 Å². The van der Waals surface area contributed by atoms with Gasteiger partial charge in [0.05, 0.1) is 11.4 Å². The first-order chi connectivity index (χ1) is 4.20. The second kappa shape index (κ2) is 2.55. The molecule has 1 aliphatic rings. The van der Waals surface area contributed by atoms with Crippen LogP contribution in [0.4, 0.5) is 0 Å². The molecule has 0 radical (unpaired) electrons. The monoisotopic (exact) mass is 161 g/mol. The normalized spacial score (nSPS) is 19.9. The van der Waals surface area contributed by atoms with Gasteiger partial charge in [0, 0.05) is 0 Å². The van der Waals surface area contributed by atoms with Crippen LogP contribution in [0.15, 0.2) is 0 Å². The van der Waals surface area contributed by atoms with Crippen LogP contribution in [0.2, 0.25) is 0 Å². The third-order valence-electron chi connectivity index (χ3n) is 1.08. The van der Waals surface area contributed by atoms with E-state index in [0.717, 1.165) is 4.99 Å². The fourth-order valence-corrected chi connectivity index (χ4v) is 1.06. The average molecular weight is 161 g/mol. The maximum Gasteiger partial charge on any atom is 0.103 e. The Morgan fingerprint density at radius 2 is 2.22 bits per heavy atom. The van der Waals surface area contributed by atoms with Crippen molar-refractivity contribution in [3.63, 3.8) is 0 Å². The zero-order valence-electron chi connectivity index (χ0n) is 4.76. The Kier molecular flexibility index (Phi) is 1.94. The van der Waals surface area contributed by atoms with Gasteiger partial charge >= 0.3 is 0 Å². The summed E-state index contributed by atoms with van der Waals surface area (Å²) in [5.74, 6) is 5.41. The van der Waals surface area contributed by atoms with E-state index in [1.54, 1.807) is 0 Å². The molecule has 0 amide bonds. The molecule has 1 aliphatic heterocycles. The number of nitrogens with one attached hydrogen (secondary N) is 1. The second-order valence-corrected chi connectivity index (χ2v) is 2.76. The molecule has 5 heteroatoms. The second-order valence-electron chi connectivity index (χ2n) is 1.80. The summed E-state index contributed by atoms with van der Waals surface area (Å²) in [5.41, 5.74) is 0. The first kappa shape index (κ1) is 6.85. The molecule has 0 aromatic rings. The maximum atomic E-state index is 5.41. The van der Waals surface area contributed by atoms with E-state index in [-0.39, 0.29) is 0 Å². The van der Waals surface area contributed by atoms with Crippen molar-refractivity contribution in [1.82, 2.24) is 10.3 Å². The first-order valence-electron chi connectivity index (χ1n) is 2.52. The number of hydrazine groups is 1. The molecule has 0 atom stereocenters. The molecule has 0 bridgehead atoms. The summed E-state index contributed by atoms with van der Waals surface area (Å²) in [4.78, 5) is 1.49. The molecule has 1 fully saturated rings. The molecule has 3 nitrogen and oxygen atoms in total. The molecule has 0 saturated carbocycles. The highest BCUT2D eigenvalue weighted by Gasteiger charge is 2.12. The van der Waals surface area contributed by atoms with E-state index in [0.29, 0.717) is 18.1 Å². The summed E-state index contributed by atoms with van der Waals surface area (Å²) in [6.45, 7) is 0.539. The van der Waals surface area contributed by atoms with Gasteiger partial charge in [-0.1, -0.05) is 24.4 Å². The van der Waals surface area contributed by atoms with E-state index in [2.05, 4.69) is 5.32 Å². The largest absolute Gasteiger partial charge is 0.361 e. The molecular weight excluding hydrogens is 154 g/mol. The molecule has 0 aromatic heterocycles. The summed E-state index contributed by atoms with van der Waals surface area (Å²) >= 11 is 9.73. The lowest BCUT2D eigenvalue weighted by Gasteiger charge is -2.25. The van der Waals surface area contributed by atoms with Crippen molar-refractivity contribution in [2.45, 2.75) is 6.42 Å². The predicted octanol–water partition coefficient (Wildman–Crippen LogP) is -0.232. The van der Waals surface area contributed by atoms with Crippen LogP contribution in [0.1, 0.15) is 6.42 Å². The Bertz CT molecular complexity index is 156. The Hall–Kier alpha value is -0.260. The lowest BCUT2D eigenvalue weighted by Crippen LogP contribution is -2.50. The highest BCUT2D eigenvalue weighted by atomic mass is 32.1. The van der Waals surface area contributed by atoms with Crippen molar-refractivity contribution >= 4 is 34.4 Å². The van der Waals surface area contributed by atoms with Gasteiger partial charge in [-0.15, -0.1) is 0 Å². The highest BCUT2D eigenvalue weighted by molar-refractivity contribution is 7.82. The minimum absolute atomic E-state index is 0.539. The molecule has 1 rings (SSSR count). The zero-order valence-corrected chi connectivity index (χ0v) is 6.39. The number of nitrogens with zero attached hydrogens (tertiary/aromatic N) is 1. The Morgan fingerprint density at radius 1 is 1.56 bits per heavy atom. The van der Waals surface area contributed by atoms with Crippen LogP contribution in [-0.4, -0.2) is 21.7 Å². The fraction of sp³-hybridized carbons (Fsp3) is 0.500. The molecule has 1 saturated heterocycles. The van der Waals surface area contributed by atoms with Crippen molar-refractivity contribution in [3.8, 4) is 0 Å². The van der Waals surface area contributed by atoms with E-state index < -0.39 is 0 Å². The van der Waals surface area contributed by atoms with E-state index >= 15 is 0 Å². The Morgan fingerprint density at radius 3 is 2.67 bits per heavy atom. The average Bonchev–Trinajstić information content (AvgIpc) is 1.80. The van der Waals surface area contributed by atoms with Gasteiger partial charge in [-0.2, -0.15) is 0 Å². The Labute approximate surface area is 64.2 Å². The molecule has 0 aromatic carbocycles. The molecule has 3 N–H and O–H groups in total. The summed E-state index contributed by atoms with van der Waals surface area (Å²) < 4.78 is 0. The van der Waals surface area contributed by atoms with Crippen molar-refractivity contribution in [1.29, 1.82) is 0 Å². The summed E-state index contributed by atoms with van der Waals surface area (Å²) in [6, 6.07) is 0. The van der Waals surface area contributed by atoms with Crippen LogP contribution in [0.3, 0.4) is 0 Å². The molecule has 0 aliphatic carbocycles. The van der Waals surface area contributed by atoms with Gasteiger partial charge in [-0.25, -0.2) is 5.84 Å². The van der Waals surface area contributed by atoms with E-state index in [1.165, 1.54) is 5.01 Å². The first-order valence-corrected chi connectivity index (χ1v) is 3.33. The smallest absolute Gasteiger partial charge is 0.103 e. The van der Waals surface area contributed by atoms with E-state index in [1.807, 2.05) is 0 Å². The predicted molar refractivity (Wildman–Crippen MR) is 43.8 cm³/mol. The van der Waals surface area contributed by atoms with Gasteiger partial charge in [0.25, 0.3) is 0 Å². The molecule has 50 valence electrons. The number of hydrogen-bond donors (Lipinski definition) is 2. The lowest BCUT2D eigenvalue weighted by molar-refractivity contribution is 0.421. The number of thiocarbonyl (C=S) groups is 2. The number of hydrogen-bond acceptors (Lipinski definition) is 3. The van der Waals surface area contributed by atoms with Gasteiger partial charge in [0.2, 0.25) is 0 Å². The van der Waals surface area contributed by atoms with Crippen LogP contribution in [0.5, 0.6) is 0 Å². The summed E-state index contributed by atoms with van der Waals surface area (Å²) in [5, 5.41) is 4.38. The number of nitrogens with two attached hydrogens (primary N) is 1. The summed E-state index contributed by atoms with van der Waals surface area (Å²) in [7, 11) is 0. The van der Waals surface area contributed by atoms with E-state index in [4.69, 9.17) is 30.3 Å². The third kappa shape index (κ3) is 1.57. The quantitative estimate of drug-likeness (QED) is 0.379. The van der Waals surface area contributed by atoms with Gasteiger partial charge < -0.3 is 5.32 Å². The molecular formula is C4H7N3S2. The minimum Gasteiger partial charge on any atom is -0.361 e. The number of rotatable bonds is 0. The van der Waals surface area contributed by atoms with Crippen molar-refractivity contribution in [2.24, 2.45) is 5.84 Å². The van der Waals surface area contributed by atoms with Gasteiger partial charge in [-0.3, -0.25) is 5.01 Å². The summed E-state index contributed by atoms with van der Waals surface area (Å²) in [6.07, 6.45) is 0.612. The van der Waals surface area contributed by atoms with Crippen molar-refractivity contribution in [2.75, 3.05) is 6.67 Å². The fourth-order valence-electron chi connectivity index (χ4n) is 0.563. The van der Waals surface area contributed by atoms with Gasteiger partial charge in [0.15, 0.2) is 0 Å². The van der Waals surface area contributed by atoms with Crippen molar-refractivity contribution < 1.29 is 0 Å².